The van der Waals surface area contributed by atoms with E-state index in [2.05, 4.69) is 26.4 Å². The molecule has 0 amide bonds. The van der Waals surface area contributed by atoms with Crippen LogP contribution in [0.5, 0.6) is 0 Å². The Morgan fingerprint density at radius 3 is 2.52 bits per heavy atom. The first-order valence-electron chi connectivity index (χ1n) is 7.96. The van der Waals surface area contributed by atoms with Crippen LogP contribution in [0.15, 0.2) is 38.5 Å². The minimum absolute atomic E-state index is 0.120. The summed E-state index contributed by atoms with van der Waals surface area (Å²) in [6.45, 7) is 2.51. The summed E-state index contributed by atoms with van der Waals surface area (Å²) in [7, 11) is -3.41. The van der Waals surface area contributed by atoms with E-state index in [1.807, 2.05) is 0 Å². The minimum atomic E-state index is -3.41. The van der Waals surface area contributed by atoms with Gasteiger partial charge in [-0.2, -0.15) is 11.3 Å². The van der Waals surface area contributed by atoms with E-state index < -0.39 is 10.0 Å². The summed E-state index contributed by atoms with van der Waals surface area (Å²) in [5, 5.41) is 5.99. The monoisotopic (exact) mass is 370 g/mol. The van der Waals surface area contributed by atoms with Gasteiger partial charge < -0.3 is 0 Å². The molecule has 1 fully saturated rings. The molecule has 3 heterocycles. The van der Waals surface area contributed by atoms with E-state index in [1.165, 1.54) is 42.6 Å². The maximum Gasteiger partial charge on any atom is 0.250 e. The number of rotatable bonds is 6. The first-order valence-corrected chi connectivity index (χ1v) is 11.3. The van der Waals surface area contributed by atoms with Crippen LogP contribution in [0.2, 0.25) is 0 Å². The third-order valence-electron chi connectivity index (χ3n) is 4.24. The largest absolute Gasteiger partial charge is 0.295 e. The van der Waals surface area contributed by atoms with Gasteiger partial charge >= 0.3 is 0 Å². The van der Waals surface area contributed by atoms with Crippen molar-refractivity contribution < 1.29 is 8.42 Å². The summed E-state index contributed by atoms with van der Waals surface area (Å²) in [5.41, 5.74) is 1.21. The molecule has 23 heavy (non-hydrogen) atoms. The molecule has 1 saturated heterocycles. The van der Waals surface area contributed by atoms with Crippen LogP contribution in [0, 0.1) is 0 Å². The molecular formula is C16H22N2O2S3. The molecule has 2 aromatic rings. The van der Waals surface area contributed by atoms with Gasteiger partial charge in [0.05, 0.1) is 0 Å². The smallest absolute Gasteiger partial charge is 0.250 e. The number of hydrogen-bond acceptors (Lipinski definition) is 5. The van der Waals surface area contributed by atoms with E-state index in [4.69, 9.17) is 0 Å². The standard InChI is InChI=1S/C16H22N2O2S3/c19-23(20,16-6-5-10-22-16)17-12-15(14-7-11-21-13-14)18-8-3-1-2-4-9-18/h5-7,10-11,13,15,17H,1-4,8-9,12H2/t15-/m1/s1. The number of nitrogens with one attached hydrogen (secondary N) is 1. The number of likely N-dealkylation sites (tertiary alicyclic amines) is 1. The summed E-state index contributed by atoms with van der Waals surface area (Å²) in [6.07, 6.45) is 4.93. The van der Waals surface area contributed by atoms with Gasteiger partial charge in [0.2, 0.25) is 10.0 Å². The van der Waals surface area contributed by atoms with Crippen LogP contribution in [0.25, 0.3) is 0 Å². The van der Waals surface area contributed by atoms with E-state index in [0.717, 1.165) is 13.1 Å². The summed E-state index contributed by atoms with van der Waals surface area (Å²) >= 11 is 2.92. The Kier molecular flexibility index (Phi) is 5.87. The zero-order chi connectivity index (χ0) is 16.1. The zero-order valence-electron chi connectivity index (χ0n) is 13.0. The molecule has 1 aliphatic heterocycles. The van der Waals surface area contributed by atoms with Crippen LogP contribution in [0.3, 0.4) is 0 Å². The van der Waals surface area contributed by atoms with E-state index in [1.54, 1.807) is 28.8 Å². The van der Waals surface area contributed by atoms with Gasteiger partial charge in [0.15, 0.2) is 0 Å². The molecule has 0 aliphatic carbocycles. The van der Waals surface area contributed by atoms with Gasteiger partial charge in [-0.25, -0.2) is 13.1 Å². The average molecular weight is 371 g/mol. The molecule has 3 rings (SSSR count). The van der Waals surface area contributed by atoms with Crippen LogP contribution in [-0.4, -0.2) is 33.0 Å². The number of sulfonamides is 1. The number of thiophene rings is 2. The zero-order valence-corrected chi connectivity index (χ0v) is 15.4. The highest BCUT2D eigenvalue weighted by atomic mass is 32.2. The molecule has 2 aromatic heterocycles. The van der Waals surface area contributed by atoms with Crippen molar-refractivity contribution in [3.63, 3.8) is 0 Å². The lowest BCUT2D eigenvalue weighted by Crippen LogP contribution is -2.38. The predicted molar refractivity (Wildman–Crippen MR) is 96.6 cm³/mol. The highest BCUT2D eigenvalue weighted by molar-refractivity contribution is 7.91. The Morgan fingerprint density at radius 1 is 1.13 bits per heavy atom. The Morgan fingerprint density at radius 2 is 1.91 bits per heavy atom. The van der Waals surface area contributed by atoms with Gasteiger partial charge in [-0.15, -0.1) is 11.3 Å². The van der Waals surface area contributed by atoms with Crippen molar-refractivity contribution in [1.82, 2.24) is 9.62 Å². The van der Waals surface area contributed by atoms with Crippen LogP contribution in [-0.2, 0) is 10.0 Å². The Bertz CT molecular complexity index is 673. The molecule has 1 N–H and O–H groups in total. The second-order valence-electron chi connectivity index (χ2n) is 5.81. The van der Waals surface area contributed by atoms with Gasteiger partial charge in [-0.1, -0.05) is 18.9 Å². The number of nitrogens with zero attached hydrogens (tertiary/aromatic N) is 1. The molecule has 126 valence electrons. The lowest BCUT2D eigenvalue weighted by Gasteiger charge is -2.30. The fourth-order valence-electron chi connectivity index (χ4n) is 3.01. The van der Waals surface area contributed by atoms with E-state index in [-0.39, 0.29) is 6.04 Å². The summed E-state index contributed by atoms with van der Waals surface area (Å²) < 4.78 is 28.0. The van der Waals surface area contributed by atoms with Crippen molar-refractivity contribution in [1.29, 1.82) is 0 Å². The lowest BCUT2D eigenvalue weighted by atomic mass is 10.1. The van der Waals surface area contributed by atoms with E-state index in [9.17, 15) is 8.42 Å². The van der Waals surface area contributed by atoms with Crippen molar-refractivity contribution in [2.75, 3.05) is 19.6 Å². The van der Waals surface area contributed by atoms with Crippen molar-refractivity contribution in [3.05, 3.63) is 39.9 Å². The van der Waals surface area contributed by atoms with Gasteiger partial charge in [0.25, 0.3) is 0 Å². The highest BCUT2D eigenvalue weighted by Gasteiger charge is 2.24. The first-order chi connectivity index (χ1) is 11.2. The van der Waals surface area contributed by atoms with Crippen molar-refractivity contribution in [2.45, 2.75) is 35.9 Å². The molecule has 7 heteroatoms. The minimum Gasteiger partial charge on any atom is -0.295 e. The molecule has 0 radical (unpaired) electrons. The summed E-state index contributed by atoms with van der Waals surface area (Å²) in [4.78, 5) is 2.44. The van der Waals surface area contributed by atoms with Crippen LogP contribution in [0.1, 0.15) is 37.3 Å². The van der Waals surface area contributed by atoms with Crippen LogP contribution in [0.4, 0.5) is 0 Å². The Labute approximate surface area is 146 Å². The third kappa shape index (κ3) is 4.42. The molecule has 1 aliphatic rings. The van der Waals surface area contributed by atoms with E-state index >= 15 is 0 Å². The van der Waals surface area contributed by atoms with Gasteiger partial charge in [-0.3, -0.25) is 4.90 Å². The van der Waals surface area contributed by atoms with Crippen LogP contribution < -0.4 is 4.72 Å². The Hall–Kier alpha value is -0.730. The molecule has 1 atom stereocenters. The lowest BCUT2D eigenvalue weighted by molar-refractivity contribution is 0.206. The highest BCUT2D eigenvalue weighted by Crippen LogP contribution is 2.26. The maximum atomic E-state index is 12.4. The van der Waals surface area contributed by atoms with E-state index in [0.29, 0.717) is 10.8 Å². The predicted octanol–water partition coefficient (Wildman–Crippen LogP) is 3.71. The topological polar surface area (TPSA) is 49.4 Å². The quantitative estimate of drug-likeness (QED) is 0.843. The van der Waals surface area contributed by atoms with Gasteiger partial charge in [0, 0.05) is 12.6 Å². The molecule has 0 spiro atoms. The van der Waals surface area contributed by atoms with Crippen molar-refractivity contribution in [2.24, 2.45) is 0 Å². The van der Waals surface area contributed by atoms with Gasteiger partial charge in [-0.05, 0) is 59.8 Å². The molecular weight excluding hydrogens is 348 g/mol. The second-order valence-corrected chi connectivity index (χ2v) is 9.53. The van der Waals surface area contributed by atoms with Crippen molar-refractivity contribution in [3.8, 4) is 0 Å². The average Bonchev–Trinajstić information content (AvgIpc) is 3.19. The number of hydrogen-bond donors (Lipinski definition) is 1. The van der Waals surface area contributed by atoms with Gasteiger partial charge in [0.1, 0.15) is 4.21 Å². The molecule has 0 unspecified atom stereocenters. The summed E-state index contributed by atoms with van der Waals surface area (Å²) in [5.74, 6) is 0. The molecule has 0 bridgehead atoms. The molecule has 0 aromatic carbocycles. The maximum absolute atomic E-state index is 12.4. The summed E-state index contributed by atoms with van der Waals surface area (Å²) in [6, 6.07) is 5.65. The third-order valence-corrected chi connectivity index (χ3v) is 7.76. The molecule has 0 saturated carbocycles. The molecule has 4 nitrogen and oxygen atoms in total. The fourth-order valence-corrected chi connectivity index (χ4v) is 5.79. The SMILES string of the molecule is O=S(=O)(NC[C@H](c1ccsc1)N1CCCCCC1)c1cccs1. The Balaban J connectivity index is 1.74. The normalized spacial score (nSPS) is 18.6. The van der Waals surface area contributed by atoms with Crippen LogP contribution >= 0.6 is 22.7 Å². The second kappa shape index (κ2) is 7.90. The fraction of sp³-hybridized carbons (Fsp3) is 0.500. The first kappa shape index (κ1) is 17.1. The van der Waals surface area contributed by atoms with Crippen molar-refractivity contribution >= 4 is 32.7 Å².